The minimum atomic E-state index is -0.211. The van der Waals surface area contributed by atoms with Crippen LogP contribution in [0.4, 0.5) is 0 Å². The summed E-state index contributed by atoms with van der Waals surface area (Å²) in [6.07, 6.45) is 0. The molecule has 0 saturated carbocycles. The van der Waals surface area contributed by atoms with Crippen LogP contribution >= 0.6 is 36.4 Å². The van der Waals surface area contributed by atoms with E-state index in [1.165, 1.54) is 6.92 Å². The van der Waals surface area contributed by atoms with Crippen LogP contribution in [0.2, 0.25) is 0 Å². The fourth-order valence-electron chi connectivity index (χ4n) is 0.203. The Morgan fingerprint density at radius 3 is 2.00 bits per heavy atom. The maximum Gasteiger partial charge on any atom is 0.302 e. The lowest BCUT2D eigenvalue weighted by Crippen LogP contribution is -1.95. The van der Waals surface area contributed by atoms with Crippen molar-refractivity contribution in [2.24, 2.45) is 0 Å². The molecule has 0 N–H and O–H groups in total. The molecule has 0 aromatic rings. The van der Waals surface area contributed by atoms with E-state index in [1.54, 1.807) is 6.92 Å². The molecule has 8 heavy (non-hydrogen) atoms. The average molecular weight is 252 g/mol. The van der Waals surface area contributed by atoms with Crippen molar-refractivity contribution < 1.29 is 9.53 Å². The van der Waals surface area contributed by atoms with Gasteiger partial charge >= 0.3 is 5.97 Å². The Morgan fingerprint density at radius 1 is 1.62 bits per heavy atom. The van der Waals surface area contributed by atoms with E-state index in [0.717, 1.165) is 0 Å². The minimum absolute atomic E-state index is 0. The van der Waals surface area contributed by atoms with E-state index in [9.17, 15) is 4.79 Å². The SMILES string of the molecule is CCOC(C)=O.Cl.I. The van der Waals surface area contributed by atoms with Crippen molar-refractivity contribution in [1.82, 2.24) is 0 Å². The van der Waals surface area contributed by atoms with Gasteiger partial charge in [-0.3, -0.25) is 4.79 Å². The molecular weight excluding hydrogens is 242 g/mol. The highest BCUT2D eigenvalue weighted by atomic mass is 127. The van der Waals surface area contributed by atoms with Crippen LogP contribution in [-0.2, 0) is 9.53 Å². The van der Waals surface area contributed by atoms with Crippen molar-refractivity contribution in [2.45, 2.75) is 13.8 Å². The largest absolute Gasteiger partial charge is 0.466 e. The molecule has 0 unspecified atom stereocenters. The van der Waals surface area contributed by atoms with Gasteiger partial charge in [-0.25, -0.2) is 0 Å². The second-order valence-electron chi connectivity index (χ2n) is 0.925. The number of carbonyl (C=O) groups is 1. The molecule has 0 heterocycles. The van der Waals surface area contributed by atoms with Crippen LogP contribution in [0.15, 0.2) is 0 Å². The van der Waals surface area contributed by atoms with Gasteiger partial charge in [0.15, 0.2) is 0 Å². The molecule has 0 aliphatic heterocycles. The molecule has 52 valence electrons. The maximum absolute atomic E-state index is 9.82. The second kappa shape index (κ2) is 10.5. The summed E-state index contributed by atoms with van der Waals surface area (Å²) >= 11 is 0. The first-order chi connectivity index (χ1) is 2.77. The quantitative estimate of drug-likeness (QED) is 0.523. The van der Waals surface area contributed by atoms with Crippen LogP contribution in [0, 0.1) is 0 Å². The van der Waals surface area contributed by atoms with Crippen molar-refractivity contribution in [3.8, 4) is 0 Å². The molecule has 0 bridgehead atoms. The molecule has 0 saturated heterocycles. The third kappa shape index (κ3) is 16.1. The summed E-state index contributed by atoms with van der Waals surface area (Å²) in [5.74, 6) is -0.211. The van der Waals surface area contributed by atoms with E-state index >= 15 is 0 Å². The van der Waals surface area contributed by atoms with Crippen molar-refractivity contribution >= 4 is 42.4 Å². The lowest BCUT2D eigenvalue weighted by atomic mass is 10.8. The molecule has 0 aliphatic rings. The Balaban J connectivity index is -0.000000125. The third-order valence-electron chi connectivity index (χ3n) is 0.348. The zero-order chi connectivity index (χ0) is 4.99. The van der Waals surface area contributed by atoms with Gasteiger partial charge in [-0.15, -0.1) is 36.4 Å². The van der Waals surface area contributed by atoms with Crippen LogP contribution in [0.1, 0.15) is 13.8 Å². The molecule has 0 spiro atoms. The van der Waals surface area contributed by atoms with E-state index in [0.29, 0.717) is 6.61 Å². The van der Waals surface area contributed by atoms with Gasteiger partial charge in [0.05, 0.1) is 6.61 Å². The standard InChI is InChI=1S/C4H8O2.ClH.HI/c1-3-6-4(2)5;;/h3H2,1-2H3;2*1H. The number of ether oxygens (including phenoxy) is 1. The predicted octanol–water partition coefficient (Wildman–Crippen LogP) is 1.61. The molecule has 0 fully saturated rings. The summed E-state index contributed by atoms with van der Waals surface area (Å²) in [4.78, 5) is 9.82. The number of halogens is 2. The van der Waals surface area contributed by atoms with Gasteiger partial charge in [0.1, 0.15) is 0 Å². The number of rotatable bonds is 1. The summed E-state index contributed by atoms with van der Waals surface area (Å²) in [5, 5.41) is 0. The fraction of sp³-hybridized carbons (Fsp3) is 0.750. The van der Waals surface area contributed by atoms with E-state index in [2.05, 4.69) is 4.74 Å². The Bertz CT molecular complexity index is 58.0. The zero-order valence-electron chi connectivity index (χ0n) is 4.84. The highest BCUT2D eigenvalue weighted by Gasteiger charge is 1.81. The van der Waals surface area contributed by atoms with Crippen molar-refractivity contribution in [3.63, 3.8) is 0 Å². The summed E-state index contributed by atoms with van der Waals surface area (Å²) in [6, 6.07) is 0. The lowest BCUT2D eigenvalue weighted by Gasteiger charge is -1.89. The summed E-state index contributed by atoms with van der Waals surface area (Å²) in [5.41, 5.74) is 0. The van der Waals surface area contributed by atoms with E-state index in [-0.39, 0.29) is 42.4 Å². The monoisotopic (exact) mass is 252 g/mol. The van der Waals surface area contributed by atoms with E-state index in [1.807, 2.05) is 0 Å². The Morgan fingerprint density at radius 2 is 2.00 bits per heavy atom. The Kier molecular flexibility index (Phi) is 20.7. The maximum atomic E-state index is 9.82. The molecule has 2 nitrogen and oxygen atoms in total. The average Bonchev–Trinajstić information content (AvgIpc) is 1.35. The van der Waals surface area contributed by atoms with Crippen LogP contribution < -0.4 is 0 Å². The first kappa shape index (κ1) is 15.8. The molecule has 0 amide bonds. The fourth-order valence-corrected chi connectivity index (χ4v) is 0.203. The van der Waals surface area contributed by atoms with Crippen LogP contribution in [0.5, 0.6) is 0 Å². The highest BCUT2D eigenvalue weighted by Crippen LogP contribution is 1.69. The highest BCUT2D eigenvalue weighted by molar-refractivity contribution is 14.0. The van der Waals surface area contributed by atoms with E-state index in [4.69, 9.17) is 0 Å². The summed E-state index contributed by atoms with van der Waals surface area (Å²) in [7, 11) is 0. The topological polar surface area (TPSA) is 26.3 Å². The summed E-state index contributed by atoms with van der Waals surface area (Å²) in [6.45, 7) is 3.65. The van der Waals surface area contributed by atoms with Gasteiger partial charge in [0.2, 0.25) is 0 Å². The van der Waals surface area contributed by atoms with Crippen molar-refractivity contribution in [2.75, 3.05) is 6.61 Å². The van der Waals surface area contributed by atoms with Crippen molar-refractivity contribution in [3.05, 3.63) is 0 Å². The molecule has 0 aromatic heterocycles. The Labute approximate surface area is 72.4 Å². The van der Waals surface area contributed by atoms with Crippen LogP contribution in [0.25, 0.3) is 0 Å². The second-order valence-corrected chi connectivity index (χ2v) is 0.925. The normalized spacial score (nSPS) is 5.75. The minimum Gasteiger partial charge on any atom is -0.466 e. The van der Waals surface area contributed by atoms with Gasteiger partial charge in [0.25, 0.3) is 0 Å². The first-order valence-electron chi connectivity index (χ1n) is 1.90. The lowest BCUT2D eigenvalue weighted by molar-refractivity contribution is -0.140. The van der Waals surface area contributed by atoms with Gasteiger partial charge in [-0.2, -0.15) is 0 Å². The van der Waals surface area contributed by atoms with Crippen molar-refractivity contribution in [1.29, 1.82) is 0 Å². The first-order valence-corrected chi connectivity index (χ1v) is 1.90. The summed E-state index contributed by atoms with van der Waals surface area (Å²) < 4.78 is 4.40. The molecule has 0 rings (SSSR count). The number of hydrogen-bond acceptors (Lipinski definition) is 2. The zero-order valence-corrected chi connectivity index (χ0v) is 7.99. The third-order valence-corrected chi connectivity index (χ3v) is 0.348. The molecule has 0 radical (unpaired) electrons. The van der Waals surface area contributed by atoms with Crippen LogP contribution in [-0.4, -0.2) is 12.6 Å². The van der Waals surface area contributed by atoms with Crippen LogP contribution in [0.3, 0.4) is 0 Å². The smallest absolute Gasteiger partial charge is 0.302 e. The number of hydrogen-bond donors (Lipinski definition) is 0. The molecular formula is C4H10ClIO2. The number of carbonyl (C=O) groups excluding carboxylic acids is 1. The van der Waals surface area contributed by atoms with Gasteiger partial charge < -0.3 is 4.74 Å². The Hall–Kier alpha value is 0.490. The van der Waals surface area contributed by atoms with Gasteiger partial charge in [-0.05, 0) is 6.92 Å². The van der Waals surface area contributed by atoms with Gasteiger partial charge in [0, 0.05) is 6.92 Å². The van der Waals surface area contributed by atoms with Gasteiger partial charge in [-0.1, -0.05) is 0 Å². The number of esters is 1. The molecule has 0 aliphatic carbocycles. The van der Waals surface area contributed by atoms with E-state index < -0.39 is 0 Å². The molecule has 0 aromatic carbocycles. The predicted molar refractivity (Wildman–Crippen MR) is 45.0 cm³/mol. The molecule has 4 heteroatoms. The molecule has 0 atom stereocenters.